The Morgan fingerprint density at radius 3 is 2.25 bits per heavy atom. The summed E-state index contributed by atoms with van der Waals surface area (Å²) >= 11 is 0. The van der Waals surface area contributed by atoms with Crippen molar-refractivity contribution in [3.8, 4) is 6.07 Å². The van der Waals surface area contributed by atoms with Crippen LogP contribution in [-0.4, -0.2) is 97.1 Å². The summed E-state index contributed by atoms with van der Waals surface area (Å²) in [5.41, 5.74) is 0.964. The molecule has 0 saturated carbocycles. The monoisotopic (exact) mass is 575 g/mol. The first kappa shape index (κ1) is 32.6. The van der Waals surface area contributed by atoms with E-state index in [9.17, 15) is 14.7 Å². The molecule has 3 rings (SSSR count). The second-order valence-corrected chi connectivity index (χ2v) is 12.1. The molecule has 0 aliphatic carbocycles. The van der Waals surface area contributed by atoms with Crippen LogP contribution < -0.4 is 0 Å². The van der Waals surface area contributed by atoms with Gasteiger partial charge in [-0.05, 0) is 52.7 Å². The van der Waals surface area contributed by atoms with E-state index in [1.54, 1.807) is 24.3 Å². The highest BCUT2D eigenvalue weighted by atomic mass is 31.2. The first-order valence-corrected chi connectivity index (χ1v) is 15.4. The number of amides is 2. The number of ether oxygens (including phenoxy) is 2. The van der Waals surface area contributed by atoms with Gasteiger partial charge in [-0.2, -0.15) is 5.26 Å². The lowest BCUT2D eigenvalue weighted by atomic mass is 9.93. The molecule has 0 aromatic heterocycles. The summed E-state index contributed by atoms with van der Waals surface area (Å²) in [7, 11) is 0.409. The van der Waals surface area contributed by atoms with Crippen LogP contribution in [0.25, 0.3) is 0 Å². The minimum Gasteiger partial charge on any atom is -0.394 e. The second-order valence-electron chi connectivity index (χ2n) is 10.7. The molecule has 12 heteroatoms. The van der Waals surface area contributed by atoms with Gasteiger partial charge < -0.3 is 23.6 Å². The van der Waals surface area contributed by atoms with Crippen molar-refractivity contribution in [3.63, 3.8) is 0 Å². The topological polar surface area (TPSA) is 122 Å². The van der Waals surface area contributed by atoms with Gasteiger partial charge in [-0.15, -0.1) is 0 Å². The van der Waals surface area contributed by atoms with Gasteiger partial charge in [0.25, 0.3) is 20.3 Å². The first-order chi connectivity index (χ1) is 19.2. The van der Waals surface area contributed by atoms with E-state index >= 15 is 0 Å². The van der Waals surface area contributed by atoms with Crippen LogP contribution in [-0.2, 0) is 18.5 Å². The SMILES string of the molecule is B[C@@H]1O[C@H](CO)C(OP(OCCC#N)N(C(C)C)C(C)C)[C@@H]1OCCCCCCN1C(=O)c2ccccc2C1=O. The molecule has 2 unspecified atom stereocenters. The average molecular weight is 575 g/mol. The zero-order valence-corrected chi connectivity index (χ0v) is 25.2. The summed E-state index contributed by atoms with van der Waals surface area (Å²) < 4.78 is 26.9. The van der Waals surface area contributed by atoms with Gasteiger partial charge in [0.05, 0.1) is 42.8 Å². The lowest BCUT2D eigenvalue weighted by Gasteiger charge is -2.38. The first-order valence-electron chi connectivity index (χ1n) is 14.3. The molecule has 0 bridgehead atoms. The third-order valence-electron chi connectivity index (χ3n) is 7.06. The maximum absolute atomic E-state index is 12.5. The third kappa shape index (κ3) is 8.10. The molecule has 10 nitrogen and oxygen atoms in total. The van der Waals surface area contributed by atoms with E-state index in [4.69, 9.17) is 23.8 Å². The highest BCUT2D eigenvalue weighted by molar-refractivity contribution is 7.44. The summed E-state index contributed by atoms with van der Waals surface area (Å²) in [6, 6.07) is 9.09. The number of fused-ring (bicyclic) bond motifs is 1. The smallest absolute Gasteiger partial charge is 0.261 e. The number of aliphatic hydroxyl groups is 1. The highest BCUT2D eigenvalue weighted by Gasteiger charge is 2.46. The molecule has 2 amide bonds. The van der Waals surface area contributed by atoms with Crippen molar-refractivity contribution >= 4 is 28.2 Å². The van der Waals surface area contributed by atoms with Gasteiger partial charge in [0.1, 0.15) is 26.2 Å². The molecule has 2 aliphatic heterocycles. The Balaban J connectivity index is 1.49. The van der Waals surface area contributed by atoms with Crippen LogP contribution in [0.5, 0.6) is 0 Å². The second kappa shape index (κ2) is 15.9. The molecule has 1 fully saturated rings. The lowest BCUT2D eigenvalue weighted by Crippen LogP contribution is -2.41. The van der Waals surface area contributed by atoms with E-state index in [1.807, 2.05) is 7.85 Å². The minimum absolute atomic E-state index is 0.153. The quantitative estimate of drug-likeness (QED) is 0.129. The summed E-state index contributed by atoms with van der Waals surface area (Å²) in [4.78, 5) is 26.4. The molecule has 1 aromatic carbocycles. The fraction of sp³-hybridized carbons (Fsp3) is 0.679. The van der Waals surface area contributed by atoms with Gasteiger partial charge in [0.15, 0.2) is 0 Å². The molecule has 0 spiro atoms. The summed E-state index contributed by atoms with van der Waals surface area (Å²) in [5.74, 6) is -0.428. The lowest BCUT2D eigenvalue weighted by molar-refractivity contribution is -0.0237. The number of carbonyl (C=O) groups excluding carboxylic acids is 2. The zero-order chi connectivity index (χ0) is 29.2. The molecule has 1 N–H and O–H groups in total. The van der Waals surface area contributed by atoms with E-state index in [0.717, 1.165) is 25.7 Å². The largest absolute Gasteiger partial charge is 0.394 e. The Hall–Kier alpha value is -1.90. The van der Waals surface area contributed by atoms with Crippen LogP contribution in [0.2, 0.25) is 0 Å². The number of aliphatic hydroxyl groups excluding tert-OH is 1. The Morgan fingerprint density at radius 2 is 1.68 bits per heavy atom. The maximum atomic E-state index is 12.5. The molecule has 1 aromatic rings. The Bertz CT molecular complexity index is 981. The van der Waals surface area contributed by atoms with Crippen LogP contribution in [0.15, 0.2) is 24.3 Å². The molecule has 2 aliphatic rings. The number of carbonyl (C=O) groups is 2. The molecule has 2 heterocycles. The number of rotatable bonds is 17. The number of nitrogens with zero attached hydrogens (tertiary/aromatic N) is 3. The molecule has 0 radical (unpaired) electrons. The van der Waals surface area contributed by atoms with Crippen molar-refractivity contribution in [3.05, 3.63) is 35.4 Å². The number of unbranched alkanes of at least 4 members (excludes halogenated alkanes) is 3. The van der Waals surface area contributed by atoms with Gasteiger partial charge in [-0.1, -0.05) is 25.0 Å². The van der Waals surface area contributed by atoms with Crippen LogP contribution in [0, 0.1) is 11.3 Å². The van der Waals surface area contributed by atoms with Gasteiger partial charge >= 0.3 is 0 Å². The predicted molar refractivity (Wildman–Crippen MR) is 154 cm³/mol. The summed E-state index contributed by atoms with van der Waals surface area (Å²) in [6.07, 6.45) is 2.13. The van der Waals surface area contributed by atoms with Gasteiger partial charge in [-0.3, -0.25) is 14.5 Å². The van der Waals surface area contributed by atoms with Crippen molar-refractivity contribution < 1.29 is 33.2 Å². The highest BCUT2D eigenvalue weighted by Crippen LogP contribution is 2.49. The van der Waals surface area contributed by atoms with Crippen LogP contribution in [0.4, 0.5) is 0 Å². The Morgan fingerprint density at radius 1 is 1.05 bits per heavy atom. The maximum Gasteiger partial charge on any atom is 0.261 e. The fourth-order valence-electron chi connectivity index (χ4n) is 5.20. The number of hydrogen-bond acceptors (Lipinski definition) is 9. The van der Waals surface area contributed by atoms with Gasteiger partial charge in [0.2, 0.25) is 0 Å². The molecule has 5 atom stereocenters. The Kier molecular flexibility index (Phi) is 13.0. The fourth-order valence-corrected chi connectivity index (χ4v) is 6.97. The van der Waals surface area contributed by atoms with Crippen molar-refractivity contribution in [2.24, 2.45) is 0 Å². The number of benzene rings is 1. The van der Waals surface area contributed by atoms with E-state index in [-0.39, 0.29) is 55.6 Å². The number of nitriles is 1. The van der Waals surface area contributed by atoms with Crippen LogP contribution in [0.3, 0.4) is 0 Å². The molecule has 40 heavy (non-hydrogen) atoms. The summed E-state index contributed by atoms with van der Waals surface area (Å²) in [6.45, 7) is 9.27. The zero-order valence-electron chi connectivity index (χ0n) is 24.3. The molecular weight excluding hydrogens is 532 g/mol. The van der Waals surface area contributed by atoms with Crippen LogP contribution >= 0.6 is 8.53 Å². The Labute approximate surface area is 240 Å². The predicted octanol–water partition coefficient (Wildman–Crippen LogP) is 3.24. The molecular formula is C28H43BN3O7P. The molecule has 220 valence electrons. The third-order valence-corrected chi connectivity index (χ3v) is 9.19. The number of imide groups is 1. The van der Waals surface area contributed by atoms with E-state index in [1.165, 1.54) is 4.90 Å². The summed E-state index contributed by atoms with van der Waals surface area (Å²) in [5, 5.41) is 19.0. The van der Waals surface area contributed by atoms with Crippen molar-refractivity contribution in [1.29, 1.82) is 5.26 Å². The van der Waals surface area contributed by atoms with E-state index in [2.05, 4.69) is 38.4 Å². The molecule has 1 saturated heterocycles. The van der Waals surface area contributed by atoms with Gasteiger partial charge in [0, 0.05) is 25.2 Å². The van der Waals surface area contributed by atoms with E-state index in [0.29, 0.717) is 24.3 Å². The van der Waals surface area contributed by atoms with Crippen molar-refractivity contribution in [2.45, 2.75) is 96.2 Å². The average Bonchev–Trinajstić information content (AvgIpc) is 3.35. The minimum atomic E-state index is -1.51. The van der Waals surface area contributed by atoms with Crippen molar-refractivity contribution in [1.82, 2.24) is 9.57 Å². The standard InChI is InChI=1S/C28H43BN3O7P/c1-19(2)32(20(3)4)40(37-17-11-14-30)39-24-23(18-33)38-26(29)25(24)36-16-10-6-5-9-15-31-27(34)21-12-7-8-13-22(21)28(31)35/h7-8,12-13,19-20,23-26,33H,5-6,9-11,15-18,29H2,1-4H3/t23-,24?,25+,26-,40?/m1/s1. The van der Waals surface area contributed by atoms with Crippen LogP contribution in [0.1, 0.15) is 80.5 Å². The van der Waals surface area contributed by atoms with Gasteiger partial charge in [-0.25, -0.2) is 4.67 Å². The normalized spacial score (nSPS) is 23.4. The van der Waals surface area contributed by atoms with Crippen molar-refractivity contribution in [2.75, 3.05) is 26.4 Å². The van der Waals surface area contributed by atoms with E-state index < -0.39 is 20.7 Å². The number of hydrogen-bond donors (Lipinski definition) is 1.